The first-order valence-electron chi connectivity index (χ1n) is 7.30. The molecule has 20 heavy (non-hydrogen) atoms. The fourth-order valence-electron chi connectivity index (χ4n) is 3.97. The van der Waals surface area contributed by atoms with Crippen LogP contribution in [-0.4, -0.2) is 11.9 Å². The molecule has 2 saturated carbocycles. The van der Waals surface area contributed by atoms with E-state index >= 15 is 0 Å². The lowest BCUT2D eigenvalue weighted by atomic mass is 9.84. The van der Waals surface area contributed by atoms with E-state index in [2.05, 4.69) is 5.32 Å². The smallest absolute Gasteiger partial charge is 0.254 e. The zero-order valence-electron chi connectivity index (χ0n) is 11.5. The summed E-state index contributed by atoms with van der Waals surface area (Å²) in [4.78, 5) is 12.1. The van der Waals surface area contributed by atoms with E-state index in [1.54, 1.807) is 0 Å². The molecule has 1 aromatic rings. The van der Waals surface area contributed by atoms with Crippen LogP contribution in [0.25, 0.3) is 0 Å². The van der Waals surface area contributed by atoms with Crippen LogP contribution in [0, 0.1) is 29.4 Å². The Balaban J connectivity index is 1.68. The van der Waals surface area contributed by atoms with Gasteiger partial charge in [-0.05, 0) is 62.1 Å². The molecule has 0 aliphatic heterocycles. The molecule has 1 aromatic carbocycles. The number of benzene rings is 1. The minimum atomic E-state index is -0.677. The van der Waals surface area contributed by atoms with Gasteiger partial charge >= 0.3 is 0 Å². The van der Waals surface area contributed by atoms with Gasteiger partial charge in [0.25, 0.3) is 5.91 Å². The van der Waals surface area contributed by atoms with Crippen molar-refractivity contribution in [3.63, 3.8) is 0 Å². The normalized spacial score (nSPS) is 29.4. The topological polar surface area (TPSA) is 29.1 Å². The zero-order chi connectivity index (χ0) is 14.3. The molecular formula is C16H19F2NO. The number of hydrogen-bond acceptors (Lipinski definition) is 1. The second-order valence-corrected chi connectivity index (χ2v) is 6.23. The minimum absolute atomic E-state index is 0.0143. The van der Waals surface area contributed by atoms with E-state index in [1.807, 2.05) is 6.92 Å². The van der Waals surface area contributed by atoms with Gasteiger partial charge in [0.05, 0.1) is 5.56 Å². The molecule has 2 aliphatic carbocycles. The molecule has 1 amide bonds. The molecule has 4 heteroatoms. The lowest BCUT2D eigenvalue weighted by Gasteiger charge is -2.28. The molecule has 4 atom stereocenters. The second kappa shape index (κ2) is 5.15. The van der Waals surface area contributed by atoms with Gasteiger partial charge in [0.15, 0.2) is 0 Å². The van der Waals surface area contributed by atoms with Crippen LogP contribution in [0.2, 0.25) is 0 Å². The number of nitrogens with one attached hydrogen (secondary N) is 1. The molecule has 4 unspecified atom stereocenters. The monoisotopic (exact) mass is 279 g/mol. The average Bonchev–Trinajstić information content (AvgIpc) is 3.03. The van der Waals surface area contributed by atoms with Crippen molar-refractivity contribution in [2.75, 3.05) is 0 Å². The first-order valence-corrected chi connectivity index (χ1v) is 7.30. The Kier molecular flexibility index (Phi) is 3.48. The summed E-state index contributed by atoms with van der Waals surface area (Å²) in [7, 11) is 0. The zero-order valence-corrected chi connectivity index (χ0v) is 11.5. The van der Waals surface area contributed by atoms with E-state index in [0.29, 0.717) is 11.8 Å². The van der Waals surface area contributed by atoms with Gasteiger partial charge in [-0.1, -0.05) is 6.42 Å². The highest BCUT2D eigenvalue weighted by Gasteiger charge is 2.42. The van der Waals surface area contributed by atoms with Crippen LogP contribution in [0.5, 0.6) is 0 Å². The third-order valence-electron chi connectivity index (χ3n) is 4.97. The van der Waals surface area contributed by atoms with Crippen molar-refractivity contribution in [3.05, 3.63) is 35.4 Å². The van der Waals surface area contributed by atoms with Gasteiger partial charge in [-0.25, -0.2) is 8.78 Å². The van der Waals surface area contributed by atoms with E-state index in [1.165, 1.54) is 19.3 Å². The van der Waals surface area contributed by atoms with Crippen LogP contribution >= 0.6 is 0 Å². The molecule has 0 spiro atoms. The highest BCUT2D eigenvalue weighted by Crippen LogP contribution is 2.49. The Morgan fingerprint density at radius 1 is 1.30 bits per heavy atom. The molecule has 0 radical (unpaired) electrons. The number of carbonyl (C=O) groups is 1. The predicted molar refractivity (Wildman–Crippen MR) is 72.2 cm³/mol. The number of fused-ring (bicyclic) bond motifs is 2. The van der Waals surface area contributed by atoms with Gasteiger partial charge in [0.1, 0.15) is 11.6 Å². The van der Waals surface area contributed by atoms with Gasteiger partial charge < -0.3 is 5.32 Å². The number of hydrogen-bond donors (Lipinski definition) is 1. The van der Waals surface area contributed by atoms with Gasteiger partial charge in [-0.3, -0.25) is 4.79 Å². The fourth-order valence-corrected chi connectivity index (χ4v) is 3.97. The van der Waals surface area contributed by atoms with Crippen LogP contribution < -0.4 is 5.32 Å². The number of halogens is 2. The van der Waals surface area contributed by atoms with E-state index in [0.717, 1.165) is 30.5 Å². The summed E-state index contributed by atoms with van der Waals surface area (Å²) in [5.41, 5.74) is -0.208. The van der Waals surface area contributed by atoms with Crippen molar-refractivity contribution >= 4 is 5.91 Å². The summed E-state index contributed by atoms with van der Waals surface area (Å²) in [6.07, 6.45) is 4.96. The van der Waals surface area contributed by atoms with Crippen molar-refractivity contribution in [1.82, 2.24) is 5.32 Å². The summed E-state index contributed by atoms with van der Waals surface area (Å²) in [6.45, 7) is 1.97. The van der Waals surface area contributed by atoms with E-state index in [4.69, 9.17) is 0 Å². The lowest BCUT2D eigenvalue weighted by Crippen LogP contribution is -2.40. The quantitative estimate of drug-likeness (QED) is 0.901. The molecule has 2 bridgehead atoms. The Labute approximate surface area is 117 Å². The molecular weight excluding hydrogens is 260 g/mol. The molecule has 2 nitrogen and oxygen atoms in total. The third-order valence-corrected chi connectivity index (χ3v) is 4.97. The van der Waals surface area contributed by atoms with Crippen molar-refractivity contribution in [2.24, 2.45) is 17.8 Å². The molecule has 0 aromatic heterocycles. The summed E-state index contributed by atoms with van der Waals surface area (Å²) >= 11 is 0. The molecule has 2 aliphatic rings. The standard InChI is InChI=1S/C16H19F2NO/c1-9(13-7-10-2-3-11(13)6-10)19-16(20)14-8-12(17)4-5-15(14)18/h4-5,8-11,13H,2-3,6-7H2,1H3,(H,19,20). The van der Waals surface area contributed by atoms with Gasteiger partial charge in [-0.15, -0.1) is 0 Å². The summed E-state index contributed by atoms with van der Waals surface area (Å²) in [5, 5.41) is 2.85. The van der Waals surface area contributed by atoms with Crippen molar-refractivity contribution in [3.8, 4) is 0 Å². The van der Waals surface area contributed by atoms with E-state index < -0.39 is 17.5 Å². The number of rotatable bonds is 3. The minimum Gasteiger partial charge on any atom is -0.349 e. The first-order chi connectivity index (χ1) is 9.54. The van der Waals surface area contributed by atoms with Gasteiger partial charge in [-0.2, -0.15) is 0 Å². The highest BCUT2D eigenvalue weighted by molar-refractivity contribution is 5.94. The van der Waals surface area contributed by atoms with Gasteiger partial charge in [0.2, 0.25) is 0 Å². The van der Waals surface area contributed by atoms with Crippen molar-refractivity contribution < 1.29 is 13.6 Å². The van der Waals surface area contributed by atoms with Gasteiger partial charge in [0, 0.05) is 6.04 Å². The molecule has 3 rings (SSSR count). The molecule has 2 fully saturated rings. The van der Waals surface area contributed by atoms with Crippen LogP contribution in [0.4, 0.5) is 8.78 Å². The van der Waals surface area contributed by atoms with E-state index in [-0.39, 0.29) is 11.6 Å². The molecule has 108 valence electrons. The lowest BCUT2D eigenvalue weighted by molar-refractivity contribution is 0.0910. The second-order valence-electron chi connectivity index (χ2n) is 6.23. The molecule has 1 N–H and O–H groups in total. The van der Waals surface area contributed by atoms with Crippen LogP contribution in [0.1, 0.15) is 43.0 Å². The predicted octanol–water partition coefficient (Wildman–Crippen LogP) is 3.52. The highest BCUT2D eigenvalue weighted by atomic mass is 19.1. The van der Waals surface area contributed by atoms with Crippen LogP contribution in [0.3, 0.4) is 0 Å². The molecule has 0 heterocycles. The Morgan fingerprint density at radius 3 is 2.75 bits per heavy atom. The summed E-state index contributed by atoms with van der Waals surface area (Å²) < 4.78 is 26.7. The Morgan fingerprint density at radius 2 is 2.10 bits per heavy atom. The van der Waals surface area contributed by atoms with Crippen molar-refractivity contribution in [2.45, 2.75) is 38.6 Å². The maximum Gasteiger partial charge on any atom is 0.254 e. The summed E-state index contributed by atoms with van der Waals surface area (Å²) in [6, 6.07) is 2.98. The van der Waals surface area contributed by atoms with E-state index in [9.17, 15) is 13.6 Å². The number of carbonyl (C=O) groups excluding carboxylic acids is 1. The largest absolute Gasteiger partial charge is 0.349 e. The third kappa shape index (κ3) is 2.43. The SMILES string of the molecule is CC(NC(=O)c1cc(F)ccc1F)C1CC2CCC1C2. The van der Waals surface area contributed by atoms with Crippen molar-refractivity contribution in [1.29, 1.82) is 0 Å². The maximum absolute atomic E-state index is 13.6. The first kappa shape index (κ1) is 13.5. The van der Waals surface area contributed by atoms with Crippen LogP contribution in [-0.2, 0) is 0 Å². The molecule has 0 saturated heterocycles. The summed E-state index contributed by atoms with van der Waals surface area (Å²) in [5.74, 6) is 0.183. The van der Waals surface area contributed by atoms with Crippen LogP contribution in [0.15, 0.2) is 18.2 Å². The maximum atomic E-state index is 13.6. The number of amides is 1. The average molecular weight is 279 g/mol. The Bertz CT molecular complexity index is 531. The fraction of sp³-hybridized carbons (Fsp3) is 0.562. The Hall–Kier alpha value is -1.45.